The van der Waals surface area contributed by atoms with Crippen molar-refractivity contribution in [2.75, 3.05) is 6.54 Å². The topological polar surface area (TPSA) is 86.7 Å². The highest BCUT2D eigenvalue weighted by molar-refractivity contribution is 5.93. The summed E-state index contributed by atoms with van der Waals surface area (Å²) < 4.78 is 0. The van der Waals surface area contributed by atoms with Crippen LogP contribution < -0.4 is 5.32 Å². The minimum Gasteiger partial charge on any atom is -0.480 e. The van der Waals surface area contributed by atoms with E-state index in [0.29, 0.717) is 19.4 Å². The van der Waals surface area contributed by atoms with Gasteiger partial charge in [-0.25, -0.2) is 4.79 Å². The SMILES string of the molecule is CC(c1ccccc1)N1CC(C(=O)NC2(C(=O)O)CCC2)CC1=O. The highest BCUT2D eigenvalue weighted by atomic mass is 16.4. The summed E-state index contributed by atoms with van der Waals surface area (Å²) in [6.45, 7) is 2.27. The zero-order chi connectivity index (χ0) is 17.3. The smallest absolute Gasteiger partial charge is 0.329 e. The first-order valence-electron chi connectivity index (χ1n) is 8.33. The van der Waals surface area contributed by atoms with Crippen molar-refractivity contribution in [1.29, 1.82) is 0 Å². The predicted octanol–water partition coefficient (Wildman–Crippen LogP) is 1.72. The van der Waals surface area contributed by atoms with Crippen molar-refractivity contribution in [2.24, 2.45) is 5.92 Å². The molecule has 2 aliphatic rings. The summed E-state index contributed by atoms with van der Waals surface area (Å²) in [6.07, 6.45) is 1.85. The lowest BCUT2D eigenvalue weighted by Gasteiger charge is -2.38. The van der Waals surface area contributed by atoms with Crippen molar-refractivity contribution in [3.8, 4) is 0 Å². The molecule has 2 atom stereocenters. The quantitative estimate of drug-likeness (QED) is 0.860. The number of carbonyl (C=O) groups is 3. The van der Waals surface area contributed by atoms with Gasteiger partial charge in [0.05, 0.1) is 12.0 Å². The molecule has 1 aliphatic heterocycles. The summed E-state index contributed by atoms with van der Waals surface area (Å²) in [6, 6.07) is 9.57. The molecule has 1 aromatic rings. The molecule has 0 aromatic heterocycles. The van der Waals surface area contributed by atoms with Gasteiger partial charge >= 0.3 is 5.97 Å². The van der Waals surface area contributed by atoms with Crippen LogP contribution in [-0.2, 0) is 14.4 Å². The number of hydrogen-bond donors (Lipinski definition) is 2. The maximum absolute atomic E-state index is 12.5. The number of aliphatic carboxylic acids is 1. The molecule has 24 heavy (non-hydrogen) atoms. The van der Waals surface area contributed by atoms with E-state index in [1.165, 1.54) is 0 Å². The first kappa shape index (κ1) is 16.5. The van der Waals surface area contributed by atoms with E-state index in [2.05, 4.69) is 5.32 Å². The van der Waals surface area contributed by atoms with Crippen LogP contribution in [0.1, 0.15) is 44.2 Å². The summed E-state index contributed by atoms with van der Waals surface area (Å²) in [5.41, 5.74) is -0.105. The van der Waals surface area contributed by atoms with Crippen LogP contribution in [0.4, 0.5) is 0 Å². The van der Waals surface area contributed by atoms with Crippen LogP contribution in [0.2, 0.25) is 0 Å². The normalized spacial score (nSPS) is 23.5. The van der Waals surface area contributed by atoms with Gasteiger partial charge in [-0.1, -0.05) is 30.3 Å². The monoisotopic (exact) mass is 330 g/mol. The first-order valence-corrected chi connectivity index (χ1v) is 8.33. The maximum Gasteiger partial charge on any atom is 0.329 e. The number of likely N-dealkylation sites (tertiary alicyclic amines) is 1. The van der Waals surface area contributed by atoms with Gasteiger partial charge in [0.1, 0.15) is 5.54 Å². The summed E-state index contributed by atoms with van der Waals surface area (Å²) in [7, 11) is 0. The predicted molar refractivity (Wildman–Crippen MR) is 87.0 cm³/mol. The third kappa shape index (κ3) is 2.88. The molecule has 3 rings (SSSR count). The Morgan fingerprint density at radius 1 is 1.29 bits per heavy atom. The van der Waals surface area contributed by atoms with Crippen molar-refractivity contribution >= 4 is 17.8 Å². The lowest BCUT2D eigenvalue weighted by atomic mass is 9.76. The van der Waals surface area contributed by atoms with Crippen LogP contribution in [0.25, 0.3) is 0 Å². The molecule has 1 heterocycles. The van der Waals surface area contributed by atoms with Crippen molar-refractivity contribution in [1.82, 2.24) is 10.2 Å². The van der Waals surface area contributed by atoms with E-state index >= 15 is 0 Å². The van der Waals surface area contributed by atoms with E-state index in [4.69, 9.17) is 0 Å². The number of hydrogen-bond acceptors (Lipinski definition) is 3. The van der Waals surface area contributed by atoms with Crippen LogP contribution >= 0.6 is 0 Å². The molecule has 2 amide bonds. The standard InChI is InChI=1S/C18H22N2O4/c1-12(13-6-3-2-4-7-13)20-11-14(10-15(20)21)16(22)19-18(17(23)24)8-5-9-18/h2-4,6-7,12,14H,5,8-11H2,1H3,(H,19,22)(H,23,24). The van der Waals surface area contributed by atoms with Crippen molar-refractivity contribution in [2.45, 2.75) is 44.2 Å². The second-order valence-electron chi connectivity index (χ2n) is 6.76. The first-order chi connectivity index (χ1) is 11.4. The maximum atomic E-state index is 12.5. The van der Waals surface area contributed by atoms with Gasteiger partial charge in [0.25, 0.3) is 0 Å². The fourth-order valence-electron chi connectivity index (χ4n) is 3.45. The number of carboxylic acids is 1. The summed E-state index contributed by atoms with van der Waals surface area (Å²) in [4.78, 5) is 37.9. The van der Waals surface area contributed by atoms with Gasteiger partial charge in [0.15, 0.2) is 0 Å². The van der Waals surface area contributed by atoms with E-state index in [1.54, 1.807) is 4.90 Å². The van der Waals surface area contributed by atoms with Crippen LogP contribution in [0.5, 0.6) is 0 Å². The third-order valence-corrected chi connectivity index (χ3v) is 5.26. The third-order valence-electron chi connectivity index (χ3n) is 5.26. The minimum absolute atomic E-state index is 0.0653. The van der Waals surface area contributed by atoms with Crippen LogP contribution in [-0.4, -0.2) is 39.9 Å². The second-order valence-corrected chi connectivity index (χ2v) is 6.76. The van der Waals surface area contributed by atoms with E-state index in [-0.39, 0.29) is 24.3 Å². The molecule has 1 saturated heterocycles. The van der Waals surface area contributed by atoms with Crippen molar-refractivity contribution in [3.63, 3.8) is 0 Å². The number of carbonyl (C=O) groups excluding carboxylic acids is 2. The molecule has 6 nitrogen and oxygen atoms in total. The summed E-state index contributed by atoms with van der Waals surface area (Å²) >= 11 is 0. The molecule has 6 heteroatoms. The molecule has 1 aromatic carbocycles. The number of nitrogens with one attached hydrogen (secondary N) is 1. The largest absolute Gasteiger partial charge is 0.480 e. The number of benzene rings is 1. The van der Waals surface area contributed by atoms with Gasteiger partial charge in [-0.05, 0) is 31.7 Å². The lowest BCUT2D eigenvalue weighted by molar-refractivity contribution is -0.152. The van der Waals surface area contributed by atoms with Gasteiger partial charge in [0, 0.05) is 13.0 Å². The molecule has 1 aliphatic carbocycles. The molecule has 128 valence electrons. The lowest BCUT2D eigenvalue weighted by Crippen LogP contribution is -2.60. The average molecular weight is 330 g/mol. The van der Waals surface area contributed by atoms with Crippen LogP contribution in [0.15, 0.2) is 30.3 Å². The van der Waals surface area contributed by atoms with E-state index < -0.39 is 17.4 Å². The highest BCUT2D eigenvalue weighted by Crippen LogP contribution is 2.34. The Kier molecular flexibility index (Phi) is 4.30. The molecule has 0 bridgehead atoms. The summed E-state index contributed by atoms with van der Waals surface area (Å²) in [5, 5.41) is 12.0. The fourth-order valence-corrected chi connectivity index (χ4v) is 3.45. The summed E-state index contributed by atoms with van der Waals surface area (Å²) in [5.74, 6) is -1.86. The van der Waals surface area contributed by atoms with Crippen LogP contribution in [0, 0.1) is 5.92 Å². The molecule has 2 fully saturated rings. The molecule has 2 unspecified atom stereocenters. The molecular weight excluding hydrogens is 308 g/mol. The van der Waals surface area contributed by atoms with Crippen LogP contribution in [0.3, 0.4) is 0 Å². The highest BCUT2D eigenvalue weighted by Gasteiger charge is 2.48. The fraction of sp³-hybridized carbons (Fsp3) is 0.500. The number of nitrogens with zero attached hydrogens (tertiary/aromatic N) is 1. The Balaban J connectivity index is 1.66. The Labute approximate surface area is 140 Å². The van der Waals surface area contributed by atoms with Gasteiger partial charge in [-0.2, -0.15) is 0 Å². The van der Waals surface area contributed by atoms with Gasteiger partial charge in [-0.15, -0.1) is 0 Å². The second kappa shape index (κ2) is 6.26. The molecular formula is C18H22N2O4. The number of amides is 2. The number of rotatable bonds is 5. The zero-order valence-electron chi connectivity index (χ0n) is 13.7. The Bertz CT molecular complexity index is 654. The van der Waals surface area contributed by atoms with Gasteiger partial charge in [-0.3, -0.25) is 9.59 Å². The zero-order valence-corrected chi connectivity index (χ0v) is 13.7. The molecule has 1 saturated carbocycles. The van der Waals surface area contributed by atoms with E-state index in [1.807, 2.05) is 37.3 Å². The Morgan fingerprint density at radius 2 is 1.96 bits per heavy atom. The van der Waals surface area contributed by atoms with E-state index in [0.717, 1.165) is 12.0 Å². The number of carboxylic acid groups (broad SMARTS) is 1. The van der Waals surface area contributed by atoms with Crippen molar-refractivity contribution < 1.29 is 19.5 Å². The Morgan fingerprint density at radius 3 is 2.50 bits per heavy atom. The Hall–Kier alpha value is -2.37. The molecule has 0 spiro atoms. The molecule has 0 radical (unpaired) electrons. The van der Waals surface area contributed by atoms with E-state index in [9.17, 15) is 19.5 Å². The minimum atomic E-state index is -1.13. The average Bonchev–Trinajstić information content (AvgIpc) is 2.92. The van der Waals surface area contributed by atoms with Gasteiger partial charge in [0.2, 0.25) is 11.8 Å². The van der Waals surface area contributed by atoms with Gasteiger partial charge < -0.3 is 15.3 Å². The molecule has 2 N–H and O–H groups in total. The van der Waals surface area contributed by atoms with Crippen molar-refractivity contribution in [3.05, 3.63) is 35.9 Å².